The van der Waals surface area contributed by atoms with E-state index in [2.05, 4.69) is 19.9 Å². The molecule has 0 aliphatic heterocycles. The zero-order valence-electron chi connectivity index (χ0n) is 33.2. The van der Waals surface area contributed by atoms with Gasteiger partial charge in [-0.1, -0.05) is 257 Å². The summed E-state index contributed by atoms with van der Waals surface area (Å²) in [6.07, 6.45) is 60.5. The lowest BCUT2D eigenvalue weighted by molar-refractivity contribution is -0.137. The molecule has 0 aliphatic carbocycles. The molecule has 0 bridgehead atoms. The van der Waals surface area contributed by atoms with Gasteiger partial charge in [0.1, 0.15) is 0 Å². The van der Waals surface area contributed by atoms with E-state index < -0.39 is 0 Å². The summed E-state index contributed by atoms with van der Waals surface area (Å²) < 4.78 is 5.36. The van der Waals surface area contributed by atoms with Crippen LogP contribution in [0.2, 0.25) is 0 Å². The Balaban J connectivity index is 3.23. The largest absolute Gasteiger partial charge is 0.463 e. The standard InChI is InChI=1S/C46H88O2/c1-3-5-7-9-11-13-15-17-19-21-22-23-24-25-26-27-29-31-33-35-37-39-41-43-45-48-46(47)44-42-40-38-36-34-32-30-28-20-18-16-14-12-10-8-6-4-2/h38,40,42,44H,3-37,39,41,43,45H2,1-2H3. The minimum Gasteiger partial charge on any atom is -0.463 e. The molecule has 284 valence electrons. The van der Waals surface area contributed by atoms with Crippen LogP contribution in [0, 0.1) is 0 Å². The van der Waals surface area contributed by atoms with Crippen molar-refractivity contribution in [1.82, 2.24) is 0 Å². The fourth-order valence-corrected chi connectivity index (χ4v) is 6.87. The Morgan fingerprint density at radius 1 is 0.354 bits per heavy atom. The summed E-state index contributed by atoms with van der Waals surface area (Å²) in [5.41, 5.74) is 0. The molecule has 0 amide bonds. The molecule has 0 saturated carbocycles. The van der Waals surface area contributed by atoms with Crippen molar-refractivity contribution in [3.63, 3.8) is 0 Å². The molecule has 2 nitrogen and oxygen atoms in total. The molecule has 0 N–H and O–H groups in total. The van der Waals surface area contributed by atoms with E-state index in [9.17, 15) is 4.79 Å². The van der Waals surface area contributed by atoms with Gasteiger partial charge in [-0.15, -0.1) is 0 Å². The van der Waals surface area contributed by atoms with E-state index in [4.69, 9.17) is 4.74 Å². The summed E-state index contributed by atoms with van der Waals surface area (Å²) in [4.78, 5) is 11.9. The first kappa shape index (κ1) is 47.0. The zero-order chi connectivity index (χ0) is 34.7. The number of carbonyl (C=O) groups excluding carboxylic acids is 1. The minimum atomic E-state index is -0.199. The first-order valence-corrected chi connectivity index (χ1v) is 22.3. The van der Waals surface area contributed by atoms with Gasteiger partial charge >= 0.3 is 5.97 Å². The summed E-state index contributed by atoms with van der Waals surface area (Å²) in [7, 11) is 0. The third-order valence-electron chi connectivity index (χ3n) is 10.2. The molecule has 2 heteroatoms. The van der Waals surface area contributed by atoms with E-state index in [0.717, 1.165) is 12.8 Å². The lowest BCUT2D eigenvalue weighted by Gasteiger charge is -2.04. The quantitative estimate of drug-likeness (QED) is 0.0280. The van der Waals surface area contributed by atoms with Gasteiger partial charge in [-0.05, 0) is 19.3 Å². The Morgan fingerprint density at radius 3 is 0.938 bits per heavy atom. The molecule has 0 rings (SSSR count). The maximum absolute atomic E-state index is 11.9. The normalized spacial score (nSPS) is 11.8. The number of hydrogen-bond acceptors (Lipinski definition) is 2. The van der Waals surface area contributed by atoms with Gasteiger partial charge in [0.15, 0.2) is 0 Å². The molecule has 0 heterocycles. The fourth-order valence-electron chi connectivity index (χ4n) is 6.87. The van der Waals surface area contributed by atoms with Crippen molar-refractivity contribution >= 4 is 5.97 Å². The van der Waals surface area contributed by atoms with Crippen molar-refractivity contribution in [3.8, 4) is 0 Å². The zero-order valence-corrected chi connectivity index (χ0v) is 33.2. The molecule has 0 radical (unpaired) electrons. The van der Waals surface area contributed by atoms with Crippen LogP contribution in [0.15, 0.2) is 24.3 Å². The molecule has 0 aromatic carbocycles. The van der Waals surface area contributed by atoms with Crippen LogP contribution in [-0.4, -0.2) is 12.6 Å². The monoisotopic (exact) mass is 673 g/mol. The molecule has 0 aliphatic rings. The second kappa shape index (κ2) is 44.0. The molecule has 0 atom stereocenters. The Hall–Kier alpha value is -1.05. The number of hydrogen-bond donors (Lipinski definition) is 0. The van der Waals surface area contributed by atoms with E-state index in [1.165, 1.54) is 231 Å². The van der Waals surface area contributed by atoms with Crippen LogP contribution >= 0.6 is 0 Å². The minimum absolute atomic E-state index is 0.199. The van der Waals surface area contributed by atoms with Crippen LogP contribution in [0.4, 0.5) is 0 Å². The highest BCUT2D eigenvalue weighted by Gasteiger charge is 1.98. The van der Waals surface area contributed by atoms with E-state index in [1.54, 1.807) is 6.08 Å². The molecule has 0 saturated heterocycles. The topological polar surface area (TPSA) is 26.3 Å². The van der Waals surface area contributed by atoms with Crippen LogP contribution in [0.5, 0.6) is 0 Å². The highest BCUT2D eigenvalue weighted by Crippen LogP contribution is 2.16. The summed E-state index contributed by atoms with van der Waals surface area (Å²) in [5, 5.41) is 0. The number of esters is 1. The van der Waals surface area contributed by atoms with Crippen molar-refractivity contribution in [2.24, 2.45) is 0 Å². The predicted molar refractivity (Wildman–Crippen MR) is 216 cm³/mol. The number of ether oxygens (including phenoxy) is 1. The summed E-state index contributed by atoms with van der Waals surface area (Å²) in [6.45, 7) is 5.15. The number of allylic oxidation sites excluding steroid dienone is 3. The van der Waals surface area contributed by atoms with Crippen molar-refractivity contribution < 1.29 is 9.53 Å². The molecular formula is C46H88O2. The molecular weight excluding hydrogens is 585 g/mol. The molecule has 0 aromatic rings. The van der Waals surface area contributed by atoms with Gasteiger partial charge in [0.2, 0.25) is 0 Å². The van der Waals surface area contributed by atoms with Crippen LogP contribution in [0.25, 0.3) is 0 Å². The van der Waals surface area contributed by atoms with Crippen LogP contribution in [0.1, 0.15) is 258 Å². The highest BCUT2D eigenvalue weighted by atomic mass is 16.5. The van der Waals surface area contributed by atoms with E-state index in [1.807, 2.05) is 12.2 Å². The van der Waals surface area contributed by atoms with Crippen molar-refractivity contribution in [2.75, 3.05) is 6.61 Å². The van der Waals surface area contributed by atoms with Crippen LogP contribution in [0.3, 0.4) is 0 Å². The van der Waals surface area contributed by atoms with Gasteiger partial charge in [-0.2, -0.15) is 0 Å². The maximum Gasteiger partial charge on any atom is 0.330 e. The lowest BCUT2D eigenvalue weighted by Crippen LogP contribution is -2.02. The Bertz CT molecular complexity index is 650. The molecule has 0 spiro atoms. The average Bonchev–Trinajstić information content (AvgIpc) is 3.09. The molecule has 0 aromatic heterocycles. The predicted octanol–water partition coefficient (Wildman–Crippen LogP) is 16.5. The first-order chi connectivity index (χ1) is 23.8. The van der Waals surface area contributed by atoms with E-state index in [0.29, 0.717) is 6.61 Å². The van der Waals surface area contributed by atoms with Gasteiger partial charge in [0, 0.05) is 6.08 Å². The second-order valence-electron chi connectivity index (χ2n) is 15.1. The van der Waals surface area contributed by atoms with Crippen molar-refractivity contribution in [2.45, 2.75) is 258 Å². The third-order valence-corrected chi connectivity index (χ3v) is 10.2. The lowest BCUT2D eigenvalue weighted by atomic mass is 10.0. The van der Waals surface area contributed by atoms with Crippen LogP contribution < -0.4 is 0 Å². The summed E-state index contributed by atoms with van der Waals surface area (Å²) >= 11 is 0. The number of carbonyl (C=O) groups is 1. The molecule has 48 heavy (non-hydrogen) atoms. The summed E-state index contributed by atoms with van der Waals surface area (Å²) in [5.74, 6) is -0.199. The van der Waals surface area contributed by atoms with Gasteiger partial charge in [-0.3, -0.25) is 0 Å². The van der Waals surface area contributed by atoms with Gasteiger partial charge in [-0.25, -0.2) is 4.79 Å². The Labute approximate surface area is 303 Å². The van der Waals surface area contributed by atoms with Gasteiger partial charge in [0.05, 0.1) is 6.61 Å². The van der Waals surface area contributed by atoms with Gasteiger partial charge in [0.25, 0.3) is 0 Å². The average molecular weight is 673 g/mol. The maximum atomic E-state index is 11.9. The second-order valence-corrected chi connectivity index (χ2v) is 15.1. The van der Waals surface area contributed by atoms with Gasteiger partial charge < -0.3 is 4.74 Å². The van der Waals surface area contributed by atoms with E-state index >= 15 is 0 Å². The van der Waals surface area contributed by atoms with Crippen LogP contribution in [-0.2, 0) is 9.53 Å². The first-order valence-electron chi connectivity index (χ1n) is 22.3. The SMILES string of the molecule is CCCCCCCCCCCCCCCC=CC=CC(=O)OCCCCCCCCCCCCCCCCCCCCCCCCCC. The fraction of sp³-hybridized carbons (Fsp3) is 0.891. The smallest absolute Gasteiger partial charge is 0.330 e. The number of rotatable bonds is 41. The van der Waals surface area contributed by atoms with Crippen molar-refractivity contribution in [1.29, 1.82) is 0 Å². The third kappa shape index (κ3) is 43.0. The highest BCUT2D eigenvalue weighted by molar-refractivity contribution is 5.82. The number of unbranched alkanes of at least 4 members (excludes halogenated alkanes) is 36. The Kier molecular flexibility index (Phi) is 43.0. The van der Waals surface area contributed by atoms with E-state index in [-0.39, 0.29) is 5.97 Å². The molecule has 0 unspecified atom stereocenters. The summed E-state index contributed by atoms with van der Waals surface area (Å²) in [6, 6.07) is 0. The Morgan fingerprint density at radius 2 is 0.625 bits per heavy atom. The van der Waals surface area contributed by atoms with Crippen molar-refractivity contribution in [3.05, 3.63) is 24.3 Å². The molecule has 0 fully saturated rings.